The molecule has 0 bridgehead atoms. The highest BCUT2D eigenvalue weighted by atomic mass is 19.3. The highest BCUT2D eigenvalue weighted by molar-refractivity contribution is 6.04. The fraction of sp³-hybridized carbons (Fsp3) is 0.200. The lowest BCUT2D eigenvalue weighted by Gasteiger charge is -2.17. The minimum absolute atomic E-state index is 0.0316. The Morgan fingerprint density at radius 3 is 2.65 bits per heavy atom. The maximum atomic E-state index is 12.9. The van der Waals surface area contributed by atoms with Gasteiger partial charge in [0, 0.05) is 11.8 Å². The summed E-state index contributed by atoms with van der Waals surface area (Å²) >= 11 is 0. The van der Waals surface area contributed by atoms with Crippen LogP contribution in [0.25, 0.3) is 0 Å². The first-order valence-corrected chi connectivity index (χ1v) is 6.47. The summed E-state index contributed by atoms with van der Waals surface area (Å²) in [7, 11) is 0. The largest absolute Gasteiger partial charge is 0.461 e. The zero-order valence-corrected chi connectivity index (χ0v) is 11.9. The van der Waals surface area contributed by atoms with Gasteiger partial charge < -0.3 is 10.1 Å². The van der Waals surface area contributed by atoms with E-state index in [0.717, 1.165) is 17.7 Å². The summed E-state index contributed by atoms with van der Waals surface area (Å²) in [6, 6.07) is 7.92. The molecular weight excluding hydrogens is 316 g/mol. The maximum Gasteiger partial charge on any atom is 0.461 e. The average molecular weight is 328 g/mol. The van der Waals surface area contributed by atoms with Crippen molar-refractivity contribution >= 4 is 11.7 Å². The number of nitrogens with zero attached hydrogens (tertiary/aromatic N) is 1. The molecule has 0 atom stereocenters. The van der Waals surface area contributed by atoms with E-state index in [0.29, 0.717) is 0 Å². The predicted molar refractivity (Wildman–Crippen MR) is 74.9 cm³/mol. The monoisotopic (exact) mass is 328 g/mol. The van der Waals surface area contributed by atoms with Gasteiger partial charge in [-0.3, -0.25) is 4.79 Å². The summed E-state index contributed by atoms with van der Waals surface area (Å²) in [5, 5.41) is 2.47. The zero-order chi connectivity index (χ0) is 17.0. The average Bonchev–Trinajstić information content (AvgIpc) is 2.47. The first-order valence-electron chi connectivity index (χ1n) is 6.47. The molecule has 0 unspecified atom stereocenters. The Hall–Kier alpha value is -2.64. The maximum absolute atomic E-state index is 12.9. The van der Waals surface area contributed by atoms with E-state index in [1.165, 1.54) is 18.3 Å². The topological polar surface area (TPSA) is 51.2 Å². The highest BCUT2D eigenvalue weighted by Gasteiger charge is 2.44. The Balaban J connectivity index is 2.14. The number of hydrogen-bond donors (Lipinski definition) is 1. The first-order chi connectivity index (χ1) is 10.8. The number of ether oxygens (including phenoxy) is 1. The lowest BCUT2D eigenvalue weighted by molar-refractivity contribution is -0.253. The molecule has 0 fully saturated rings. The first kappa shape index (κ1) is 16.7. The van der Waals surface area contributed by atoms with Crippen molar-refractivity contribution in [2.75, 3.05) is 5.32 Å². The van der Waals surface area contributed by atoms with Crippen LogP contribution < -0.4 is 10.1 Å². The Kier molecular flexibility index (Phi) is 4.83. The number of rotatable bonds is 5. The molecule has 1 aromatic heterocycles. The molecule has 2 rings (SSSR count). The number of nitrogens with one attached hydrogen (secondary N) is 1. The van der Waals surface area contributed by atoms with Gasteiger partial charge in [0.1, 0.15) is 11.6 Å². The molecule has 1 amide bonds. The van der Waals surface area contributed by atoms with Crippen molar-refractivity contribution in [2.24, 2.45) is 0 Å². The molecule has 1 heterocycles. The quantitative estimate of drug-likeness (QED) is 0.848. The molecular formula is C15H12F4N2O2. The smallest absolute Gasteiger partial charge is 0.428 e. The third-order valence-electron chi connectivity index (χ3n) is 2.76. The Labute approximate surface area is 129 Å². The molecule has 1 aromatic carbocycles. The number of alkyl halides is 4. The van der Waals surface area contributed by atoms with Gasteiger partial charge in [-0.05, 0) is 42.8 Å². The Morgan fingerprint density at radius 1 is 1.26 bits per heavy atom. The molecule has 0 spiro atoms. The van der Waals surface area contributed by atoms with E-state index in [2.05, 4.69) is 15.0 Å². The second-order valence-corrected chi connectivity index (χ2v) is 4.66. The summed E-state index contributed by atoms with van der Waals surface area (Å²) in [5.74, 6) is -0.895. The third kappa shape index (κ3) is 4.41. The molecule has 4 nitrogen and oxygen atoms in total. The van der Waals surface area contributed by atoms with Gasteiger partial charge in [0.05, 0.1) is 0 Å². The van der Waals surface area contributed by atoms with Crippen LogP contribution in [-0.4, -0.2) is 23.4 Å². The van der Waals surface area contributed by atoms with Crippen molar-refractivity contribution in [3.63, 3.8) is 0 Å². The molecule has 0 aliphatic rings. The van der Waals surface area contributed by atoms with Crippen LogP contribution in [0.5, 0.6) is 5.75 Å². The number of pyridine rings is 1. The Morgan fingerprint density at radius 2 is 2.00 bits per heavy atom. The van der Waals surface area contributed by atoms with Gasteiger partial charge in [0.25, 0.3) is 5.91 Å². The molecule has 0 aliphatic carbocycles. The molecule has 2 aromatic rings. The van der Waals surface area contributed by atoms with Crippen LogP contribution in [0.15, 0.2) is 42.6 Å². The summed E-state index contributed by atoms with van der Waals surface area (Å²) in [5.41, 5.74) is 0.833. The van der Waals surface area contributed by atoms with Crippen molar-refractivity contribution in [2.45, 2.75) is 19.5 Å². The van der Waals surface area contributed by atoms with Gasteiger partial charge in [-0.25, -0.2) is 4.98 Å². The number of aromatic nitrogens is 1. The minimum Gasteiger partial charge on any atom is -0.428 e. The van der Waals surface area contributed by atoms with E-state index < -0.39 is 24.2 Å². The van der Waals surface area contributed by atoms with Crippen molar-refractivity contribution in [3.8, 4) is 5.75 Å². The van der Waals surface area contributed by atoms with Crippen molar-refractivity contribution in [1.29, 1.82) is 0 Å². The fourth-order valence-electron chi connectivity index (χ4n) is 1.70. The summed E-state index contributed by atoms with van der Waals surface area (Å²) < 4.78 is 53.9. The van der Waals surface area contributed by atoms with E-state index in [1.54, 1.807) is 19.1 Å². The molecule has 0 saturated carbocycles. The van der Waals surface area contributed by atoms with Crippen LogP contribution in [0.2, 0.25) is 0 Å². The molecule has 0 saturated heterocycles. The normalized spacial score (nSPS) is 11.4. The van der Waals surface area contributed by atoms with Crippen LogP contribution in [0.4, 0.5) is 23.4 Å². The van der Waals surface area contributed by atoms with E-state index in [1.807, 2.05) is 0 Å². The second kappa shape index (κ2) is 6.64. The molecule has 0 radical (unpaired) electrons. The van der Waals surface area contributed by atoms with Gasteiger partial charge in [-0.15, -0.1) is 0 Å². The summed E-state index contributed by atoms with van der Waals surface area (Å²) in [6.07, 6.45) is -7.11. The SMILES string of the molecule is Cc1ccnc(NC(=O)c2cccc(OC(F)(F)C(F)F)c2)c1. The number of benzene rings is 1. The minimum atomic E-state index is -4.63. The van der Waals surface area contributed by atoms with Gasteiger partial charge >= 0.3 is 12.5 Å². The zero-order valence-electron chi connectivity index (χ0n) is 11.9. The lowest BCUT2D eigenvalue weighted by Crippen LogP contribution is -2.33. The van der Waals surface area contributed by atoms with Crippen molar-refractivity contribution in [1.82, 2.24) is 4.98 Å². The number of carbonyl (C=O) groups excluding carboxylic acids is 1. The third-order valence-corrected chi connectivity index (χ3v) is 2.76. The number of halogens is 4. The number of anilines is 1. The Bertz CT molecular complexity index is 707. The second-order valence-electron chi connectivity index (χ2n) is 4.66. The summed E-state index contributed by atoms with van der Waals surface area (Å²) in [4.78, 5) is 16.0. The van der Waals surface area contributed by atoms with Crippen molar-refractivity contribution in [3.05, 3.63) is 53.7 Å². The highest BCUT2D eigenvalue weighted by Crippen LogP contribution is 2.28. The van der Waals surface area contributed by atoms with Crippen molar-refractivity contribution < 1.29 is 27.1 Å². The molecule has 1 N–H and O–H groups in total. The predicted octanol–water partition coefficient (Wildman–Crippen LogP) is 3.88. The number of amides is 1. The van der Waals surface area contributed by atoms with Crippen LogP contribution in [0.1, 0.15) is 15.9 Å². The molecule has 122 valence electrons. The van der Waals surface area contributed by atoms with Crippen LogP contribution >= 0.6 is 0 Å². The number of aryl methyl sites for hydroxylation is 1. The van der Waals surface area contributed by atoms with Crippen LogP contribution in [-0.2, 0) is 0 Å². The van der Waals surface area contributed by atoms with E-state index in [9.17, 15) is 22.4 Å². The van der Waals surface area contributed by atoms with Gasteiger partial charge in [0.2, 0.25) is 0 Å². The van der Waals surface area contributed by atoms with Gasteiger partial charge in [-0.2, -0.15) is 17.6 Å². The van der Waals surface area contributed by atoms with Crippen LogP contribution in [0, 0.1) is 6.92 Å². The van der Waals surface area contributed by atoms with E-state index in [-0.39, 0.29) is 11.4 Å². The molecule has 8 heteroatoms. The number of carbonyl (C=O) groups is 1. The van der Waals surface area contributed by atoms with E-state index >= 15 is 0 Å². The fourth-order valence-corrected chi connectivity index (χ4v) is 1.70. The number of hydrogen-bond acceptors (Lipinski definition) is 3. The van der Waals surface area contributed by atoms with Gasteiger partial charge in [0.15, 0.2) is 0 Å². The van der Waals surface area contributed by atoms with E-state index in [4.69, 9.17) is 0 Å². The summed E-state index contributed by atoms with van der Waals surface area (Å²) in [6.45, 7) is 1.80. The lowest BCUT2D eigenvalue weighted by atomic mass is 10.2. The van der Waals surface area contributed by atoms with Crippen LogP contribution in [0.3, 0.4) is 0 Å². The standard InChI is InChI=1S/C15H12F4N2O2/c1-9-5-6-20-12(7-9)21-13(22)10-3-2-4-11(8-10)23-15(18,19)14(16)17/h2-8,14H,1H3,(H,20,21,22). The van der Waals surface area contributed by atoms with Gasteiger partial charge in [-0.1, -0.05) is 6.07 Å². The molecule has 0 aliphatic heterocycles. The molecule has 23 heavy (non-hydrogen) atoms.